The third kappa shape index (κ3) is 3.21. The highest BCUT2D eigenvalue weighted by Crippen LogP contribution is 2.27. The molecule has 1 aliphatic rings. The summed E-state index contributed by atoms with van der Waals surface area (Å²) in [4.78, 5) is 12.5. The molecule has 0 saturated carbocycles. The molecule has 0 aromatic carbocycles. The molecule has 0 spiro atoms. The molecule has 0 unspecified atom stereocenters. The van der Waals surface area contributed by atoms with Gasteiger partial charge in [-0.2, -0.15) is 0 Å². The van der Waals surface area contributed by atoms with Crippen molar-refractivity contribution in [3.63, 3.8) is 0 Å². The van der Waals surface area contributed by atoms with Crippen molar-refractivity contribution in [3.8, 4) is 0 Å². The van der Waals surface area contributed by atoms with Gasteiger partial charge in [0.2, 0.25) is 15.0 Å². The van der Waals surface area contributed by atoms with Crippen molar-refractivity contribution in [2.75, 3.05) is 44.4 Å². The van der Waals surface area contributed by atoms with E-state index in [1.807, 2.05) is 6.92 Å². The first-order valence-corrected chi connectivity index (χ1v) is 8.79. The van der Waals surface area contributed by atoms with E-state index >= 15 is 0 Å². The van der Waals surface area contributed by atoms with Gasteiger partial charge in [-0.25, -0.2) is 18.4 Å². The fourth-order valence-electron chi connectivity index (χ4n) is 2.18. The number of likely N-dealkylation sites (N-methyl/N-ethyl adjacent to an activating group) is 1. The number of piperazine rings is 1. The summed E-state index contributed by atoms with van der Waals surface area (Å²) in [6, 6.07) is 0. The van der Waals surface area contributed by atoms with Crippen LogP contribution in [-0.4, -0.2) is 62.8 Å². The Hall–Kier alpha value is -0.920. The lowest BCUT2D eigenvalue weighted by atomic mass is 10.2. The smallest absolute Gasteiger partial charge is 0.250 e. The second-order valence-electron chi connectivity index (χ2n) is 5.02. The first-order valence-electron chi connectivity index (χ1n) is 6.53. The number of hydrogen-bond acceptors (Lipinski definition) is 6. The van der Waals surface area contributed by atoms with Gasteiger partial charge in [-0.3, -0.25) is 0 Å². The summed E-state index contributed by atoms with van der Waals surface area (Å²) in [6.45, 7) is 5.41. The van der Waals surface area contributed by atoms with Gasteiger partial charge in [-0.1, -0.05) is 18.5 Å². The monoisotopic (exact) mass is 318 g/mol. The van der Waals surface area contributed by atoms with Gasteiger partial charge < -0.3 is 9.80 Å². The number of hydrogen-bond donors (Lipinski definition) is 0. The molecule has 0 bridgehead atoms. The maximum atomic E-state index is 11.7. The number of sulfone groups is 1. The number of aromatic nitrogens is 2. The van der Waals surface area contributed by atoms with Crippen molar-refractivity contribution < 1.29 is 8.42 Å². The van der Waals surface area contributed by atoms with Crippen molar-refractivity contribution in [1.82, 2.24) is 14.9 Å². The Morgan fingerprint density at radius 2 is 1.80 bits per heavy atom. The van der Waals surface area contributed by atoms with E-state index in [4.69, 9.17) is 11.6 Å². The molecular weight excluding hydrogens is 300 g/mol. The first kappa shape index (κ1) is 15.5. The van der Waals surface area contributed by atoms with Crippen LogP contribution in [0.25, 0.3) is 0 Å². The molecule has 1 aromatic heterocycles. The Labute approximate surface area is 124 Å². The van der Waals surface area contributed by atoms with Gasteiger partial charge >= 0.3 is 0 Å². The van der Waals surface area contributed by atoms with Crippen molar-refractivity contribution in [2.24, 2.45) is 0 Å². The van der Waals surface area contributed by atoms with Gasteiger partial charge in [-0.05, 0) is 13.5 Å². The lowest BCUT2D eigenvalue weighted by Crippen LogP contribution is -2.45. The van der Waals surface area contributed by atoms with E-state index < -0.39 is 9.84 Å². The summed E-state index contributed by atoms with van der Waals surface area (Å²) < 4.78 is 23.3. The number of anilines is 1. The molecule has 2 heterocycles. The molecule has 8 heteroatoms. The van der Waals surface area contributed by atoms with Crippen LogP contribution in [0.2, 0.25) is 5.15 Å². The number of nitrogens with zero attached hydrogens (tertiary/aromatic N) is 4. The van der Waals surface area contributed by atoms with Gasteiger partial charge in [0.15, 0.2) is 0 Å². The Morgan fingerprint density at radius 3 is 2.30 bits per heavy atom. The summed E-state index contributed by atoms with van der Waals surface area (Å²) in [7, 11) is -1.40. The molecule has 0 N–H and O–H groups in total. The van der Waals surface area contributed by atoms with Crippen molar-refractivity contribution in [3.05, 3.63) is 10.7 Å². The summed E-state index contributed by atoms with van der Waals surface area (Å²) in [5, 5.41) is 0.0329. The highest BCUT2D eigenvalue weighted by atomic mass is 35.5. The largest absolute Gasteiger partial charge is 0.354 e. The molecule has 6 nitrogen and oxygen atoms in total. The molecule has 112 valence electrons. The van der Waals surface area contributed by atoms with Crippen LogP contribution in [-0.2, 0) is 16.3 Å². The minimum Gasteiger partial charge on any atom is -0.354 e. The second-order valence-corrected chi connectivity index (χ2v) is 7.28. The fraction of sp³-hybridized carbons (Fsp3) is 0.667. The van der Waals surface area contributed by atoms with Crippen LogP contribution in [0, 0.1) is 0 Å². The minimum atomic E-state index is -3.47. The van der Waals surface area contributed by atoms with Crippen molar-refractivity contribution in [2.45, 2.75) is 18.5 Å². The normalized spacial score (nSPS) is 17.5. The van der Waals surface area contributed by atoms with Crippen LogP contribution in [0.5, 0.6) is 0 Å². The lowest BCUT2D eigenvalue weighted by molar-refractivity contribution is 0.311. The molecule has 2 rings (SSSR count). The zero-order valence-electron chi connectivity index (χ0n) is 11.9. The lowest BCUT2D eigenvalue weighted by Gasteiger charge is -2.34. The molecule has 0 aliphatic carbocycles. The molecule has 0 atom stereocenters. The average molecular weight is 319 g/mol. The van der Waals surface area contributed by atoms with Crippen molar-refractivity contribution >= 4 is 27.3 Å². The van der Waals surface area contributed by atoms with Gasteiger partial charge in [0.1, 0.15) is 11.0 Å². The third-order valence-electron chi connectivity index (χ3n) is 3.40. The zero-order chi connectivity index (χ0) is 14.9. The standard InChI is InChI=1S/C12H19ClN4O2S/c1-4-9-10(13)14-12(20(3,18)19)15-11(9)17-7-5-16(2)6-8-17/h4-8H2,1-3H3. The summed E-state index contributed by atoms with van der Waals surface area (Å²) in [6.07, 6.45) is 1.77. The molecule has 1 aliphatic heterocycles. The Morgan fingerprint density at radius 1 is 1.20 bits per heavy atom. The Balaban J connectivity index is 2.47. The predicted octanol–water partition coefficient (Wildman–Crippen LogP) is 0.848. The molecule has 1 fully saturated rings. The van der Waals surface area contributed by atoms with Crippen LogP contribution >= 0.6 is 11.6 Å². The maximum Gasteiger partial charge on any atom is 0.250 e. The first-order chi connectivity index (χ1) is 9.32. The van der Waals surface area contributed by atoms with Crippen molar-refractivity contribution in [1.29, 1.82) is 0 Å². The highest BCUT2D eigenvalue weighted by Gasteiger charge is 2.23. The predicted molar refractivity (Wildman–Crippen MR) is 79.2 cm³/mol. The van der Waals surface area contributed by atoms with E-state index in [0.29, 0.717) is 12.2 Å². The average Bonchev–Trinajstić information content (AvgIpc) is 2.37. The summed E-state index contributed by atoms with van der Waals surface area (Å²) in [5.74, 6) is 0.654. The van der Waals surface area contributed by atoms with Crippen LogP contribution in [0.15, 0.2) is 5.16 Å². The summed E-state index contributed by atoms with van der Waals surface area (Å²) in [5.41, 5.74) is 0.809. The van der Waals surface area contributed by atoms with Crippen LogP contribution in [0.4, 0.5) is 5.82 Å². The molecule has 1 aromatic rings. The number of halogens is 1. The van der Waals surface area contributed by atoms with E-state index in [-0.39, 0.29) is 10.3 Å². The second kappa shape index (κ2) is 5.83. The van der Waals surface area contributed by atoms with Gasteiger partial charge in [0.05, 0.1) is 0 Å². The topological polar surface area (TPSA) is 66.4 Å². The van der Waals surface area contributed by atoms with E-state index in [1.165, 1.54) is 0 Å². The van der Waals surface area contributed by atoms with Gasteiger partial charge in [0.25, 0.3) is 0 Å². The van der Waals surface area contributed by atoms with E-state index in [2.05, 4.69) is 26.8 Å². The Kier molecular flexibility index (Phi) is 4.51. The Bertz CT molecular complexity index is 598. The minimum absolute atomic E-state index is 0.200. The van der Waals surface area contributed by atoms with E-state index in [0.717, 1.165) is 38.0 Å². The zero-order valence-corrected chi connectivity index (χ0v) is 13.5. The summed E-state index contributed by atoms with van der Waals surface area (Å²) >= 11 is 6.14. The molecule has 1 saturated heterocycles. The van der Waals surface area contributed by atoms with Crippen LogP contribution in [0.1, 0.15) is 12.5 Å². The van der Waals surface area contributed by atoms with Crippen LogP contribution in [0.3, 0.4) is 0 Å². The molecule has 20 heavy (non-hydrogen) atoms. The molecule has 0 radical (unpaired) electrons. The molecular formula is C12H19ClN4O2S. The third-order valence-corrected chi connectivity index (χ3v) is 4.56. The number of rotatable bonds is 3. The maximum absolute atomic E-state index is 11.7. The highest BCUT2D eigenvalue weighted by molar-refractivity contribution is 7.90. The fourth-order valence-corrected chi connectivity index (χ4v) is 3.03. The SMILES string of the molecule is CCc1c(Cl)nc(S(C)(=O)=O)nc1N1CCN(C)CC1. The molecule has 0 amide bonds. The van der Waals surface area contributed by atoms with Gasteiger partial charge in [-0.15, -0.1) is 0 Å². The van der Waals surface area contributed by atoms with Gasteiger partial charge in [0, 0.05) is 38.0 Å². The van der Waals surface area contributed by atoms with Crippen LogP contribution < -0.4 is 4.90 Å². The quantitative estimate of drug-likeness (QED) is 0.608. The van der Waals surface area contributed by atoms with E-state index in [1.54, 1.807) is 0 Å². The van der Waals surface area contributed by atoms with E-state index in [9.17, 15) is 8.42 Å².